The van der Waals surface area contributed by atoms with Crippen molar-refractivity contribution in [1.29, 1.82) is 0 Å². The van der Waals surface area contributed by atoms with Gasteiger partial charge in [-0.05, 0) is 48.9 Å². The average Bonchev–Trinajstić information content (AvgIpc) is 2.54. The molecule has 0 aliphatic carbocycles. The number of aromatic hydroxyl groups is 1. The molecule has 2 rings (SSSR count). The first-order valence-electron chi connectivity index (χ1n) is 6.96. The maximum absolute atomic E-state index is 11.8. The molecule has 120 valence electrons. The van der Waals surface area contributed by atoms with Crippen molar-refractivity contribution in [2.75, 3.05) is 6.61 Å². The van der Waals surface area contributed by atoms with E-state index in [1.54, 1.807) is 0 Å². The molecule has 0 saturated heterocycles. The van der Waals surface area contributed by atoms with Gasteiger partial charge in [0.15, 0.2) is 6.61 Å². The zero-order valence-electron chi connectivity index (χ0n) is 12.5. The normalized spacial score (nSPS) is 11.6. The first-order chi connectivity index (χ1) is 11.0. The van der Waals surface area contributed by atoms with Gasteiger partial charge in [-0.15, -0.1) is 0 Å². The smallest absolute Gasteiger partial charge is 0.338 e. The van der Waals surface area contributed by atoms with Crippen LogP contribution in [-0.4, -0.2) is 23.6 Å². The van der Waals surface area contributed by atoms with Crippen molar-refractivity contribution in [2.24, 2.45) is 0 Å². The van der Waals surface area contributed by atoms with Crippen molar-refractivity contribution in [3.05, 3.63) is 64.1 Å². The van der Waals surface area contributed by atoms with Gasteiger partial charge in [-0.2, -0.15) is 0 Å². The van der Waals surface area contributed by atoms with Crippen molar-refractivity contribution in [3.8, 4) is 5.75 Å². The van der Waals surface area contributed by atoms with E-state index in [1.165, 1.54) is 24.3 Å². The summed E-state index contributed by atoms with van der Waals surface area (Å²) in [6, 6.07) is 13.0. The molecule has 0 aromatic heterocycles. The highest BCUT2D eigenvalue weighted by atomic mass is 79.9. The topological polar surface area (TPSA) is 75.6 Å². The molecule has 5 nitrogen and oxygen atoms in total. The fourth-order valence-corrected chi connectivity index (χ4v) is 2.19. The second kappa shape index (κ2) is 7.78. The third-order valence-electron chi connectivity index (χ3n) is 3.18. The molecule has 0 aliphatic rings. The lowest BCUT2D eigenvalue weighted by Gasteiger charge is -2.14. The number of ether oxygens (including phenoxy) is 1. The molecule has 0 bridgehead atoms. The number of carbonyl (C=O) groups excluding carboxylic acids is 2. The van der Waals surface area contributed by atoms with E-state index < -0.39 is 5.97 Å². The van der Waals surface area contributed by atoms with E-state index in [0.29, 0.717) is 0 Å². The summed E-state index contributed by atoms with van der Waals surface area (Å²) < 4.78 is 5.91. The van der Waals surface area contributed by atoms with E-state index in [4.69, 9.17) is 9.84 Å². The maximum atomic E-state index is 11.8. The number of amides is 1. The number of benzene rings is 2. The minimum Gasteiger partial charge on any atom is -0.508 e. The Morgan fingerprint density at radius 3 is 2.35 bits per heavy atom. The summed E-state index contributed by atoms with van der Waals surface area (Å²) in [5.41, 5.74) is 1.22. The van der Waals surface area contributed by atoms with E-state index in [9.17, 15) is 9.59 Å². The fourth-order valence-electron chi connectivity index (χ4n) is 1.93. The number of halogens is 1. The standard InChI is InChI=1S/C17H16BrNO4/c1-11(12-2-6-14(18)7-3-12)19-16(21)10-23-17(22)13-4-8-15(20)9-5-13/h2-9,11,20H,10H2,1H3,(H,19,21)/t11-/m0/s1. The summed E-state index contributed by atoms with van der Waals surface area (Å²) in [6.07, 6.45) is 0. The van der Waals surface area contributed by atoms with E-state index in [0.717, 1.165) is 10.0 Å². The predicted octanol–water partition coefficient (Wildman–Crippen LogP) is 3.19. The van der Waals surface area contributed by atoms with Crippen molar-refractivity contribution >= 4 is 27.8 Å². The zero-order valence-corrected chi connectivity index (χ0v) is 14.0. The van der Waals surface area contributed by atoms with Gasteiger partial charge in [0.2, 0.25) is 0 Å². The molecule has 23 heavy (non-hydrogen) atoms. The highest BCUT2D eigenvalue weighted by Gasteiger charge is 2.13. The monoisotopic (exact) mass is 377 g/mol. The van der Waals surface area contributed by atoms with Gasteiger partial charge in [-0.3, -0.25) is 4.79 Å². The third kappa shape index (κ3) is 5.10. The van der Waals surface area contributed by atoms with Crippen molar-refractivity contribution < 1.29 is 19.4 Å². The summed E-state index contributed by atoms with van der Waals surface area (Å²) in [7, 11) is 0. The van der Waals surface area contributed by atoms with E-state index in [2.05, 4.69) is 21.2 Å². The lowest BCUT2D eigenvalue weighted by atomic mass is 10.1. The van der Waals surface area contributed by atoms with E-state index in [1.807, 2.05) is 31.2 Å². The Balaban J connectivity index is 1.83. The first-order valence-corrected chi connectivity index (χ1v) is 7.76. The van der Waals surface area contributed by atoms with Crippen LogP contribution < -0.4 is 5.32 Å². The van der Waals surface area contributed by atoms with Gasteiger partial charge in [0.1, 0.15) is 5.75 Å². The quantitative estimate of drug-likeness (QED) is 0.784. The molecule has 0 unspecified atom stereocenters. The number of carbonyl (C=O) groups is 2. The van der Waals surface area contributed by atoms with Gasteiger partial charge in [0.05, 0.1) is 11.6 Å². The number of rotatable bonds is 5. The molecule has 0 saturated carbocycles. The van der Waals surface area contributed by atoms with Crippen LogP contribution in [0.5, 0.6) is 5.75 Å². The molecule has 2 N–H and O–H groups in total. The summed E-state index contributed by atoms with van der Waals surface area (Å²) in [5, 5.41) is 11.9. The van der Waals surface area contributed by atoms with E-state index >= 15 is 0 Å². The van der Waals surface area contributed by atoms with Gasteiger partial charge in [0, 0.05) is 4.47 Å². The molecular weight excluding hydrogens is 362 g/mol. The number of phenols is 1. The molecule has 0 aliphatic heterocycles. The van der Waals surface area contributed by atoms with Crippen LogP contribution in [0.1, 0.15) is 28.9 Å². The Hall–Kier alpha value is -2.34. The Morgan fingerprint density at radius 2 is 1.74 bits per heavy atom. The number of nitrogens with one attached hydrogen (secondary N) is 1. The van der Waals surface area contributed by atoms with Crippen LogP contribution in [0.25, 0.3) is 0 Å². The van der Waals surface area contributed by atoms with Crippen molar-refractivity contribution in [1.82, 2.24) is 5.32 Å². The van der Waals surface area contributed by atoms with Gasteiger partial charge >= 0.3 is 5.97 Å². The molecule has 1 atom stereocenters. The van der Waals surface area contributed by atoms with Gasteiger partial charge in [-0.25, -0.2) is 4.79 Å². The summed E-state index contributed by atoms with van der Waals surface area (Å²) in [6.45, 7) is 1.49. The molecule has 2 aromatic rings. The van der Waals surface area contributed by atoms with Gasteiger partial charge in [0.25, 0.3) is 5.91 Å². The lowest BCUT2D eigenvalue weighted by molar-refractivity contribution is -0.124. The molecule has 0 heterocycles. The average molecular weight is 378 g/mol. The SMILES string of the molecule is C[C@H](NC(=O)COC(=O)c1ccc(O)cc1)c1ccc(Br)cc1. The molecule has 0 spiro atoms. The molecule has 1 amide bonds. The van der Waals surface area contributed by atoms with Crippen LogP contribution in [0, 0.1) is 0 Å². The third-order valence-corrected chi connectivity index (χ3v) is 3.71. The Kier molecular flexibility index (Phi) is 5.76. The van der Waals surface area contributed by atoms with Gasteiger partial charge in [-0.1, -0.05) is 28.1 Å². The molecule has 0 fully saturated rings. The minimum atomic E-state index is -0.614. The predicted molar refractivity (Wildman–Crippen MR) is 89.1 cm³/mol. The zero-order chi connectivity index (χ0) is 16.8. The highest BCUT2D eigenvalue weighted by molar-refractivity contribution is 9.10. The van der Waals surface area contributed by atoms with Crippen molar-refractivity contribution in [3.63, 3.8) is 0 Å². The molecule has 0 radical (unpaired) electrons. The fraction of sp³-hybridized carbons (Fsp3) is 0.176. The summed E-state index contributed by atoms with van der Waals surface area (Å²) >= 11 is 3.35. The number of hydrogen-bond acceptors (Lipinski definition) is 4. The first kappa shape index (κ1) is 17.0. The largest absolute Gasteiger partial charge is 0.508 e. The summed E-state index contributed by atoms with van der Waals surface area (Å²) in [5.74, 6) is -0.938. The Bertz CT molecular complexity index is 683. The van der Waals surface area contributed by atoms with E-state index in [-0.39, 0.29) is 29.9 Å². The lowest BCUT2D eigenvalue weighted by Crippen LogP contribution is -2.31. The van der Waals surface area contributed by atoms with Crippen molar-refractivity contribution in [2.45, 2.75) is 13.0 Å². The highest BCUT2D eigenvalue weighted by Crippen LogP contribution is 2.16. The molecule has 6 heteroatoms. The van der Waals surface area contributed by atoms with Gasteiger partial charge < -0.3 is 15.2 Å². The number of esters is 1. The maximum Gasteiger partial charge on any atom is 0.338 e. The van der Waals surface area contributed by atoms with Crippen LogP contribution in [0.4, 0.5) is 0 Å². The van der Waals surface area contributed by atoms with Crippen LogP contribution in [0.15, 0.2) is 53.0 Å². The molecule has 2 aromatic carbocycles. The number of hydrogen-bond donors (Lipinski definition) is 2. The molecular formula is C17H16BrNO4. The Labute approximate surface area is 142 Å². The second-order valence-electron chi connectivity index (χ2n) is 4.96. The minimum absolute atomic E-state index is 0.0580. The Morgan fingerprint density at radius 1 is 1.13 bits per heavy atom. The number of phenolic OH excluding ortho intramolecular Hbond substituents is 1. The van der Waals surface area contributed by atoms with Crippen LogP contribution in [0.3, 0.4) is 0 Å². The summed E-state index contributed by atoms with van der Waals surface area (Å²) in [4.78, 5) is 23.6. The van der Waals surface area contributed by atoms with Crippen LogP contribution in [-0.2, 0) is 9.53 Å². The van der Waals surface area contributed by atoms with Crippen LogP contribution in [0.2, 0.25) is 0 Å². The van der Waals surface area contributed by atoms with Crippen LogP contribution >= 0.6 is 15.9 Å². The second-order valence-corrected chi connectivity index (χ2v) is 5.88.